The molecule has 2 nitrogen and oxygen atoms in total. The molecule has 0 aromatic heterocycles. The van der Waals surface area contributed by atoms with Crippen molar-refractivity contribution in [2.24, 2.45) is 0 Å². The van der Waals surface area contributed by atoms with Crippen LogP contribution in [0.1, 0.15) is 11.1 Å². The molecule has 4 heteroatoms. The summed E-state index contributed by atoms with van der Waals surface area (Å²) < 4.78 is 6.17. The number of ether oxygens (including phenoxy) is 1. The Morgan fingerprint density at radius 3 is 2.71 bits per heavy atom. The minimum Gasteiger partial charge on any atom is -0.383 e. The topological polar surface area (TPSA) is 21.3 Å². The molecule has 2 aromatic rings. The van der Waals surface area contributed by atoms with Gasteiger partial charge in [-0.1, -0.05) is 40.2 Å². The zero-order valence-corrected chi connectivity index (χ0v) is 14.5. The first-order chi connectivity index (χ1) is 10.3. The lowest BCUT2D eigenvalue weighted by atomic mass is 10.2. The van der Waals surface area contributed by atoms with Gasteiger partial charge in [0.2, 0.25) is 0 Å². The largest absolute Gasteiger partial charge is 0.383 e. The van der Waals surface area contributed by atoms with Gasteiger partial charge < -0.3 is 10.1 Å². The molecular weight excluding hydrogens is 346 g/mol. The zero-order valence-electron chi connectivity index (χ0n) is 12.1. The molecule has 112 valence electrons. The standard InChI is InChI=1S/C17H20BrNOS/c1-20-9-8-19-12-14-4-3-7-17(11-14)21-13-15-5-2-6-16(18)10-15/h2-7,10-11,19H,8-9,12-13H2,1H3. The maximum atomic E-state index is 5.03. The number of nitrogens with one attached hydrogen (secondary N) is 1. The number of rotatable bonds is 8. The van der Waals surface area contributed by atoms with Crippen molar-refractivity contribution in [1.82, 2.24) is 5.32 Å². The molecule has 0 spiro atoms. The van der Waals surface area contributed by atoms with E-state index >= 15 is 0 Å². The fourth-order valence-electron chi connectivity index (χ4n) is 1.95. The Morgan fingerprint density at radius 1 is 1.10 bits per heavy atom. The smallest absolute Gasteiger partial charge is 0.0587 e. The predicted molar refractivity (Wildman–Crippen MR) is 93.7 cm³/mol. The summed E-state index contributed by atoms with van der Waals surface area (Å²) in [6, 6.07) is 17.2. The first-order valence-electron chi connectivity index (χ1n) is 6.94. The maximum Gasteiger partial charge on any atom is 0.0587 e. The van der Waals surface area contributed by atoms with Crippen LogP contribution in [0.3, 0.4) is 0 Å². The summed E-state index contributed by atoms with van der Waals surface area (Å²) in [6.07, 6.45) is 0. The number of hydrogen-bond donors (Lipinski definition) is 1. The third kappa shape index (κ3) is 6.22. The van der Waals surface area contributed by atoms with E-state index in [1.165, 1.54) is 16.0 Å². The lowest BCUT2D eigenvalue weighted by Crippen LogP contribution is -2.18. The van der Waals surface area contributed by atoms with E-state index in [4.69, 9.17) is 4.74 Å². The van der Waals surface area contributed by atoms with Crippen LogP contribution in [-0.2, 0) is 17.0 Å². The normalized spacial score (nSPS) is 10.8. The Labute approximate surface area is 139 Å². The molecule has 2 rings (SSSR count). The van der Waals surface area contributed by atoms with Gasteiger partial charge >= 0.3 is 0 Å². The average Bonchev–Trinajstić information content (AvgIpc) is 2.50. The quantitative estimate of drug-likeness (QED) is 0.550. The third-order valence-electron chi connectivity index (χ3n) is 3.01. The Bertz CT molecular complexity index is 562. The summed E-state index contributed by atoms with van der Waals surface area (Å²) in [5.74, 6) is 0.986. The van der Waals surface area contributed by atoms with Crippen molar-refractivity contribution in [1.29, 1.82) is 0 Å². The second-order valence-electron chi connectivity index (χ2n) is 4.74. The minimum atomic E-state index is 0.747. The van der Waals surface area contributed by atoms with Crippen molar-refractivity contribution >= 4 is 27.7 Å². The van der Waals surface area contributed by atoms with E-state index in [0.717, 1.165) is 29.9 Å². The van der Waals surface area contributed by atoms with Crippen LogP contribution in [0.15, 0.2) is 57.9 Å². The van der Waals surface area contributed by atoms with E-state index in [1.54, 1.807) is 7.11 Å². The molecule has 0 atom stereocenters. The lowest BCUT2D eigenvalue weighted by molar-refractivity contribution is 0.199. The van der Waals surface area contributed by atoms with Gasteiger partial charge in [-0.3, -0.25) is 0 Å². The van der Waals surface area contributed by atoms with Gasteiger partial charge in [0.1, 0.15) is 0 Å². The maximum absolute atomic E-state index is 5.03. The van der Waals surface area contributed by atoms with Crippen LogP contribution in [0.2, 0.25) is 0 Å². The SMILES string of the molecule is COCCNCc1cccc(SCc2cccc(Br)c2)c1. The van der Waals surface area contributed by atoms with Gasteiger partial charge in [0, 0.05) is 35.3 Å². The molecule has 0 saturated carbocycles. The van der Waals surface area contributed by atoms with E-state index in [0.29, 0.717) is 0 Å². The van der Waals surface area contributed by atoms with Crippen molar-refractivity contribution in [2.75, 3.05) is 20.3 Å². The van der Waals surface area contributed by atoms with Crippen LogP contribution < -0.4 is 5.32 Å². The molecule has 1 N–H and O–H groups in total. The molecule has 0 aliphatic heterocycles. The van der Waals surface area contributed by atoms with E-state index in [9.17, 15) is 0 Å². The van der Waals surface area contributed by atoms with Crippen molar-refractivity contribution in [3.63, 3.8) is 0 Å². The van der Waals surface area contributed by atoms with Gasteiger partial charge in [-0.25, -0.2) is 0 Å². The third-order valence-corrected chi connectivity index (χ3v) is 4.56. The van der Waals surface area contributed by atoms with Crippen LogP contribution in [0, 0.1) is 0 Å². The first kappa shape index (κ1) is 16.6. The van der Waals surface area contributed by atoms with Crippen molar-refractivity contribution < 1.29 is 4.74 Å². The minimum absolute atomic E-state index is 0.747. The summed E-state index contributed by atoms with van der Waals surface area (Å²) in [5, 5.41) is 3.37. The molecule has 0 aliphatic rings. The van der Waals surface area contributed by atoms with Crippen LogP contribution in [0.5, 0.6) is 0 Å². The average molecular weight is 366 g/mol. The van der Waals surface area contributed by atoms with Crippen molar-refractivity contribution in [3.05, 3.63) is 64.1 Å². The zero-order chi connectivity index (χ0) is 14.9. The number of halogens is 1. The fourth-order valence-corrected chi connectivity index (χ4v) is 3.31. The molecule has 0 fully saturated rings. The van der Waals surface area contributed by atoms with Crippen LogP contribution >= 0.6 is 27.7 Å². The summed E-state index contributed by atoms with van der Waals surface area (Å²) in [7, 11) is 1.72. The van der Waals surface area contributed by atoms with E-state index in [-0.39, 0.29) is 0 Å². The molecule has 0 heterocycles. The molecule has 0 amide bonds. The summed E-state index contributed by atoms with van der Waals surface area (Å²) in [4.78, 5) is 1.31. The summed E-state index contributed by atoms with van der Waals surface area (Å²) >= 11 is 5.38. The van der Waals surface area contributed by atoms with E-state index < -0.39 is 0 Å². The molecule has 0 aliphatic carbocycles. The van der Waals surface area contributed by atoms with Gasteiger partial charge in [-0.05, 0) is 35.4 Å². The molecule has 0 bridgehead atoms. The molecule has 0 radical (unpaired) electrons. The highest BCUT2D eigenvalue weighted by Crippen LogP contribution is 2.24. The number of methoxy groups -OCH3 is 1. The van der Waals surface area contributed by atoms with Gasteiger partial charge in [0.05, 0.1) is 6.61 Å². The van der Waals surface area contributed by atoms with Gasteiger partial charge in [0.15, 0.2) is 0 Å². The summed E-state index contributed by atoms with van der Waals surface area (Å²) in [6.45, 7) is 2.51. The Hall–Kier alpha value is -0.810. The molecule has 21 heavy (non-hydrogen) atoms. The predicted octanol–water partition coefficient (Wildman–Crippen LogP) is 4.48. The van der Waals surface area contributed by atoms with Crippen LogP contribution in [0.4, 0.5) is 0 Å². The Balaban J connectivity index is 1.86. The number of benzene rings is 2. The van der Waals surface area contributed by atoms with Gasteiger partial charge in [0.25, 0.3) is 0 Å². The van der Waals surface area contributed by atoms with Crippen LogP contribution in [0.25, 0.3) is 0 Å². The second kappa shape index (κ2) is 9.26. The monoisotopic (exact) mass is 365 g/mol. The lowest BCUT2D eigenvalue weighted by Gasteiger charge is -2.07. The number of thioether (sulfide) groups is 1. The second-order valence-corrected chi connectivity index (χ2v) is 6.70. The van der Waals surface area contributed by atoms with E-state index in [1.807, 2.05) is 11.8 Å². The molecular formula is C17H20BrNOS. The highest BCUT2D eigenvalue weighted by molar-refractivity contribution is 9.10. The Kier molecular flexibility index (Phi) is 7.30. The van der Waals surface area contributed by atoms with Gasteiger partial charge in [-0.15, -0.1) is 11.8 Å². The summed E-state index contributed by atoms with van der Waals surface area (Å²) in [5.41, 5.74) is 2.64. The van der Waals surface area contributed by atoms with Crippen LogP contribution in [-0.4, -0.2) is 20.3 Å². The molecule has 2 aromatic carbocycles. The molecule has 0 unspecified atom stereocenters. The van der Waals surface area contributed by atoms with Crippen molar-refractivity contribution in [3.8, 4) is 0 Å². The molecule has 0 saturated heterocycles. The van der Waals surface area contributed by atoms with Crippen molar-refractivity contribution in [2.45, 2.75) is 17.2 Å². The highest BCUT2D eigenvalue weighted by Gasteiger charge is 1.99. The Morgan fingerprint density at radius 2 is 1.90 bits per heavy atom. The highest BCUT2D eigenvalue weighted by atomic mass is 79.9. The first-order valence-corrected chi connectivity index (χ1v) is 8.71. The van der Waals surface area contributed by atoms with Gasteiger partial charge in [-0.2, -0.15) is 0 Å². The number of hydrogen-bond acceptors (Lipinski definition) is 3. The fraction of sp³-hybridized carbons (Fsp3) is 0.294. The van der Waals surface area contributed by atoms with E-state index in [2.05, 4.69) is 69.8 Å².